The molecular formula is C17H35ClN2O4. The number of carbonyl (C=O) groups is 1. The highest BCUT2D eigenvalue weighted by molar-refractivity contribution is 5.85. The number of amides is 1. The van der Waals surface area contributed by atoms with E-state index in [0.29, 0.717) is 31.5 Å². The summed E-state index contributed by atoms with van der Waals surface area (Å²) in [5.41, 5.74) is -0.426. The Balaban J connectivity index is 0.000000498. The number of nitrogens with one attached hydrogen (secondary N) is 1. The highest BCUT2D eigenvalue weighted by atomic mass is 35.5. The van der Waals surface area contributed by atoms with Crippen LogP contribution in [0.1, 0.15) is 46.5 Å². The lowest BCUT2D eigenvalue weighted by molar-refractivity contribution is 0.0159. The van der Waals surface area contributed by atoms with Crippen molar-refractivity contribution in [3.05, 3.63) is 0 Å². The molecule has 2 rings (SSSR count). The summed E-state index contributed by atoms with van der Waals surface area (Å²) in [6.45, 7) is 9.77. The van der Waals surface area contributed by atoms with Gasteiger partial charge in [-0.3, -0.25) is 0 Å². The zero-order valence-electron chi connectivity index (χ0n) is 15.3. The van der Waals surface area contributed by atoms with Gasteiger partial charge in [-0.1, -0.05) is 0 Å². The van der Waals surface area contributed by atoms with Gasteiger partial charge < -0.3 is 25.2 Å². The molecule has 2 fully saturated rings. The Morgan fingerprint density at radius 2 is 1.50 bits per heavy atom. The maximum Gasteiger partial charge on any atom is 0.410 e. The van der Waals surface area contributed by atoms with E-state index in [1.807, 2.05) is 20.8 Å². The molecule has 0 atom stereocenters. The number of aliphatic hydroxyl groups excluding tert-OH is 2. The molecule has 7 heteroatoms. The Kier molecular flexibility index (Phi) is 11.6. The Hall–Kier alpha value is -0.560. The summed E-state index contributed by atoms with van der Waals surface area (Å²) in [5, 5.41) is 20.9. The number of hydrogen-bond donors (Lipinski definition) is 3. The number of halogens is 1. The monoisotopic (exact) mass is 366 g/mol. The zero-order valence-corrected chi connectivity index (χ0v) is 16.1. The van der Waals surface area contributed by atoms with Gasteiger partial charge in [0.1, 0.15) is 5.60 Å². The van der Waals surface area contributed by atoms with E-state index < -0.39 is 5.60 Å². The summed E-state index contributed by atoms with van der Waals surface area (Å²) >= 11 is 0. The number of ether oxygens (including phenoxy) is 1. The number of aliphatic hydroxyl groups is 2. The van der Waals surface area contributed by atoms with Gasteiger partial charge in [0.15, 0.2) is 0 Å². The lowest BCUT2D eigenvalue weighted by Crippen LogP contribution is -2.42. The topological polar surface area (TPSA) is 82.0 Å². The van der Waals surface area contributed by atoms with Gasteiger partial charge in [0.25, 0.3) is 0 Å². The Morgan fingerprint density at radius 1 is 1.04 bits per heavy atom. The van der Waals surface area contributed by atoms with Gasteiger partial charge in [0.2, 0.25) is 0 Å². The van der Waals surface area contributed by atoms with Crippen molar-refractivity contribution in [3.8, 4) is 0 Å². The molecule has 0 aromatic heterocycles. The van der Waals surface area contributed by atoms with E-state index in [2.05, 4.69) is 5.32 Å². The summed E-state index contributed by atoms with van der Waals surface area (Å²) in [5.74, 6) is 0.930. The largest absolute Gasteiger partial charge is 0.444 e. The van der Waals surface area contributed by atoms with Gasteiger partial charge in [-0.05, 0) is 71.4 Å². The number of piperidine rings is 2. The summed E-state index contributed by atoms with van der Waals surface area (Å²) in [6.07, 6.45) is 3.80. The summed E-state index contributed by atoms with van der Waals surface area (Å²) in [7, 11) is 0. The highest BCUT2D eigenvalue weighted by Crippen LogP contribution is 2.18. The molecule has 1 amide bonds. The molecule has 2 heterocycles. The van der Waals surface area contributed by atoms with Crippen molar-refractivity contribution in [1.82, 2.24) is 10.2 Å². The molecule has 0 bridgehead atoms. The molecule has 2 saturated heterocycles. The van der Waals surface area contributed by atoms with E-state index in [-0.39, 0.29) is 25.1 Å². The third kappa shape index (κ3) is 9.67. The minimum atomic E-state index is -0.426. The number of hydrogen-bond acceptors (Lipinski definition) is 5. The third-order valence-electron chi connectivity index (χ3n) is 4.24. The van der Waals surface area contributed by atoms with Crippen molar-refractivity contribution in [3.63, 3.8) is 0 Å². The van der Waals surface area contributed by atoms with Crippen LogP contribution in [0.2, 0.25) is 0 Å². The van der Waals surface area contributed by atoms with E-state index in [4.69, 9.17) is 14.9 Å². The van der Waals surface area contributed by atoms with Crippen molar-refractivity contribution >= 4 is 18.5 Å². The first-order chi connectivity index (χ1) is 10.9. The third-order valence-corrected chi connectivity index (χ3v) is 4.24. The van der Waals surface area contributed by atoms with Gasteiger partial charge in [-0.2, -0.15) is 0 Å². The predicted octanol–water partition coefficient (Wildman–Crippen LogP) is 2.03. The molecule has 3 N–H and O–H groups in total. The first-order valence-corrected chi connectivity index (χ1v) is 8.76. The molecule has 24 heavy (non-hydrogen) atoms. The van der Waals surface area contributed by atoms with Crippen LogP contribution in [0.25, 0.3) is 0 Å². The molecule has 144 valence electrons. The molecule has 0 saturated carbocycles. The van der Waals surface area contributed by atoms with Crippen LogP contribution in [0.3, 0.4) is 0 Å². The fourth-order valence-electron chi connectivity index (χ4n) is 2.69. The van der Waals surface area contributed by atoms with Gasteiger partial charge in [-0.25, -0.2) is 4.79 Å². The van der Waals surface area contributed by atoms with Crippen LogP contribution < -0.4 is 5.32 Å². The Labute approximate surface area is 152 Å². The number of carbonyl (C=O) groups excluding carboxylic acids is 1. The average Bonchev–Trinajstić information content (AvgIpc) is 2.54. The van der Waals surface area contributed by atoms with Crippen molar-refractivity contribution in [1.29, 1.82) is 0 Å². The van der Waals surface area contributed by atoms with E-state index >= 15 is 0 Å². The van der Waals surface area contributed by atoms with Crippen LogP contribution >= 0.6 is 12.4 Å². The van der Waals surface area contributed by atoms with Crippen LogP contribution in [0.15, 0.2) is 0 Å². The normalized spacial score (nSPS) is 19.8. The van der Waals surface area contributed by atoms with Crippen molar-refractivity contribution in [2.75, 3.05) is 39.4 Å². The summed E-state index contributed by atoms with van der Waals surface area (Å²) in [6, 6.07) is 0. The summed E-state index contributed by atoms with van der Waals surface area (Å²) in [4.78, 5) is 13.4. The molecule has 6 nitrogen and oxygen atoms in total. The van der Waals surface area contributed by atoms with E-state index in [9.17, 15) is 4.79 Å². The molecular weight excluding hydrogens is 332 g/mol. The van der Waals surface area contributed by atoms with Gasteiger partial charge >= 0.3 is 6.09 Å². The fourth-order valence-corrected chi connectivity index (χ4v) is 2.69. The first-order valence-electron chi connectivity index (χ1n) is 8.76. The lowest BCUT2D eigenvalue weighted by Gasteiger charge is -2.32. The van der Waals surface area contributed by atoms with Crippen molar-refractivity contribution in [2.24, 2.45) is 11.8 Å². The van der Waals surface area contributed by atoms with Crippen LogP contribution in [-0.2, 0) is 4.74 Å². The SMILES string of the molecule is CC(C)(C)OC(=O)N1CCC(CO)CC1.Cl.OCC1CCNCC1. The molecule has 0 radical (unpaired) electrons. The van der Waals surface area contributed by atoms with E-state index in [0.717, 1.165) is 38.8 Å². The minimum Gasteiger partial charge on any atom is -0.444 e. The first kappa shape index (κ1) is 23.4. The Bertz CT molecular complexity index is 336. The highest BCUT2D eigenvalue weighted by Gasteiger charge is 2.26. The van der Waals surface area contributed by atoms with Crippen LogP contribution in [0, 0.1) is 11.8 Å². The van der Waals surface area contributed by atoms with Crippen LogP contribution in [0.4, 0.5) is 4.79 Å². The Morgan fingerprint density at radius 3 is 1.88 bits per heavy atom. The molecule has 2 aliphatic rings. The standard InChI is InChI=1S/C11H21NO3.C6H13NO.ClH/c1-11(2,3)15-10(14)12-6-4-9(8-13)5-7-12;8-5-6-1-3-7-4-2-6;/h9,13H,4-8H2,1-3H3;6-8H,1-5H2;1H. The second-order valence-electron chi connectivity index (χ2n) is 7.47. The van der Waals surface area contributed by atoms with Crippen molar-refractivity contribution < 1.29 is 19.7 Å². The predicted molar refractivity (Wildman–Crippen MR) is 97.5 cm³/mol. The van der Waals surface area contributed by atoms with Gasteiger partial charge in [-0.15, -0.1) is 12.4 Å². The molecule has 0 unspecified atom stereocenters. The van der Waals surface area contributed by atoms with Gasteiger partial charge in [0.05, 0.1) is 0 Å². The van der Waals surface area contributed by atoms with Crippen LogP contribution in [0.5, 0.6) is 0 Å². The summed E-state index contributed by atoms with van der Waals surface area (Å²) < 4.78 is 5.27. The maximum absolute atomic E-state index is 11.6. The van der Waals surface area contributed by atoms with Gasteiger partial charge in [0, 0.05) is 26.3 Å². The number of likely N-dealkylation sites (tertiary alicyclic amines) is 1. The van der Waals surface area contributed by atoms with E-state index in [1.54, 1.807) is 4.90 Å². The second kappa shape index (κ2) is 11.9. The quantitative estimate of drug-likeness (QED) is 0.696. The number of rotatable bonds is 2. The maximum atomic E-state index is 11.6. The lowest BCUT2D eigenvalue weighted by atomic mass is 9.98. The minimum absolute atomic E-state index is 0. The smallest absolute Gasteiger partial charge is 0.410 e. The zero-order chi connectivity index (χ0) is 17.3. The molecule has 2 aliphatic heterocycles. The second-order valence-corrected chi connectivity index (χ2v) is 7.47. The molecule has 0 aliphatic carbocycles. The van der Waals surface area contributed by atoms with E-state index in [1.165, 1.54) is 0 Å². The van der Waals surface area contributed by atoms with Crippen LogP contribution in [-0.4, -0.2) is 66.2 Å². The average molecular weight is 367 g/mol. The molecule has 0 aromatic carbocycles. The molecule has 0 spiro atoms. The number of nitrogens with zero attached hydrogens (tertiary/aromatic N) is 1. The molecule has 0 aromatic rings. The fraction of sp³-hybridized carbons (Fsp3) is 0.941. The van der Waals surface area contributed by atoms with Crippen molar-refractivity contribution in [2.45, 2.75) is 52.1 Å².